The zero-order chi connectivity index (χ0) is 16.9. The Bertz CT molecular complexity index is 952. The van der Waals surface area contributed by atoms with Gasteiger partial charge in [0.1, 0.15) is 0 Å². The van der Waals surface area contributed by atoms with Crippen molar-refractivity contribution in [1.29, 1.82) is 0 Å². The van der Waals surface area contributed by atoms with Crippen molar-refractivity contribution < 1.29 is 4.79 Å². The maximum Gasteiger partial charge on any atom is 0.342 e. The zero-order valence-corrected chi connectivity index (χ0v) is 13.2. The fourth-order valence-corrected chi connectivity index (χ4v) is 3.20. The molecule has 120 valence electrons. The highest BCUT2D eigenvalue weighted by molar-refractivity contribution is 8.00. The predicted octanol–water partition coefficient (Wildman–Crippen LogP) is 2.17. The number of nitrogens with one attached hydrogen (secondary N) is 2. The summed E-state index contributed by atoms with van der Waals surface area (Å²) in [6, 6.07) is 18.0. The van der Waals surface area contributed by atoms with Gasteiger partial charge in [-0.3, -0.25) is 14.6 Å². The Kier molecular flexibility index (Phi) is 4.72. The molecule has 0 saturated heterocycles. The highest BCUT2D eigenvalue weighted by atomic mass is 32.2. The number of Topliss-reactive ketones (excluding diaryl/α,β-unsaturated/α-hetero) is 1. The molecule has 3 aromatic rings. The number of thioether (sulfide) groups is 1. The van der Waals surface area contributed by atoms with E-state index in [1.54, 1.807) is 24.3 Å². The third kappa shape index (κ3) is 3.52. The number of hydrogen-bond donors (Lipinski definition) is 2. The Hall–Kier alpha value is -2.93. The quantitative estimate of drug-likeness (QED) is 0.549. The molecule has 2 N–H and O–H groups in total. The molecule has 0 aliphatic rings. The van der Waals surface area contributed by atoms with Crippen LogP contribution in [0.1, 0.15) is 21.2 Å². The summed E-state index contributed by atoms with van der Waals surface area (Å²) in [4.78, 5) is 38.0. The number of H-pyrrole nitrogens is 2. The highest BCUT2D eigenvalue weighted by Gasteiger charge is 2.25. The molecule has 0 fully saturated rings. The Morgan fingerprint density at radius 2 is 1.58 bits per heavy atom. The molecule has 1 atom stereocenters. The monoisotopic (exact) mass is 339 g/mol. The number of rotatable bonds is 5. The molecule has 7 heteroatoms. The van der Waals surface area contributed by atoms with Gasteiger partial charge in [-0.25, -0.2) is 9.89 Å². The van der Waals surface area contributed by atoms with Crippen LogP contribution in [0.25, 0.3) is 0 Å². The van der Waals surface area contributed by atoms with Gasteiger partial charge in [0.2, 0.25) is 0 Å². The number of carbonyl (C=O) groups excluding carboxylic acids is 1. The number of ketones is 1. The van der Waals surface area contributed by atoms with E-state index in [0.717, 1.165) is 17.3 Å². The van der Waals surface area contributed by atoms with Crippen LogP contribution in [0.5, 0.6) is 0 Å². The molecule has 3 rings (SSSR count). The summed E-state index contributed by atoms with van der Waals surface area (Å²) in [7, 11) is 0. The molecule has 0 amide bonds. The molecule has 0 aliphatic carbocycles. The summed E-state index contributed by atoms with van der Waals surface area (Å²) in [5.74, 6) is -0.140. The van der Waals surface area contributed by atoms with Gasteiger partial charge in [0, 0.05) is 5.56 Å². The Balaban J connectivity index is 2.01. The van der Waals surface area contributed by atoms with E-state index >= 15 is 0 Å². The maximum absolute atomic E-state index is 12.9. The van der Waals surface area contributed by atoms with E-state index in [1.807, 2.05) is 36.4 Å². The first-order chi connectivity index (χ1) is 11.6. The number of aromatic amines is 2. The average molecular weight is 339 g/mol. The molecule has 0 aliphatic heterocycles. The third-order valence-electron chi connectivity index (χ3n) is 3.31. The van der Waals surface area contributed by atoms with Gasteiger partial charge >= 0.3 is 5.69 Å². The van der Waals surface area contributed by atoms with Crippen LogP contribution in [0.4, 0.5) is 0 Å². The van der Waals surface area contributed by atoms with E-state index in [2.05, 4.69) is 15.2 Å². The summed E-state index contributed by atoms with van der Waals surface area (Å²) in [5.41, 5.74) is -0.0102. The second-order valence-corrected chi connectivity index (χ2v) is 6.04. The first kappa shape index (κ1) is 15.9. The highest BCUT2D eigenvalue weighted by Crippen LogP contribution is 2.35. The van der Waals surface area contributed by atoms with Crippen LogP contribution in [-0.2, 0) is 0 Å². The van der Waals surface area contributed by atoms with Gasteiger partial charge in [-0.1, -0.05) is 72.4 Å². The smallest absolute Gasteiger partial charge is 0.293 e. The van der Waals surface area contributed by atoms with Crippen molar-refractivity contribution in [3.63, 3.8) is 0 Å². The zero-order valence-electron chi connectivity index (χ0n) is 12.4. The number of aromatic nitrogens is 3. The topological polar surface area (TPSA) is 95.7 Å². The lowest BCUT2D eigenvalue weighted by molar-refractivity contribution is 0.0989. The maximum atomic E-state index is 12.9. The minimum Gasteiger partial charge on any atom is -0.293 e. The first-order valence-electron chi connectivity index (χ1n) is 7.15. The molecular weight excluding hydrogens is 326 g/mol. The summed E-state index contributed by atoms with van der Waals surface area (Å²) in [6.45, 7) is 0. The van der Waals surface area contributed by atoms with Crippen molar-refractivity contribution in [3.05, 3.63) is 92.6 Å². The molecule has 24 heavy (non-hydrogen) atoms. The summed E-state index contributed by atoms with van der Waals surface area (Å²) >= 11 is 1.01. The van der Waals surface area contributed by atoms with Gasteiger partial charge in [0.15, 0.2) is 10.8 Å². The minimum absolute atomic E-state index is 0.0349. The standard InChI is InChI=1S/C17H13N3O3S/c21-13(11-7-3-1-4-8-11)14(12-9-5-2-6-10-12)24-16-15(22)18-17(23)20-19-16/h1-10,14H,(H2,18,20,22,23)/t14-/m1/s1. The van der Waals surface area contributed by atoms with Crippen LogP contribution in [0, 0.1) is 0 Å². The molecular formula is C17H13N3O3S. The normalized spacial score (nSPS) is 11.8. The fourth-order valence-electron chi connectivity index (χ4n) is 2.18. The first-order valence-corrected chi connectivity index (χ1v) is 8.03. The van der Waals surface area contributed by atoms with Crippen LogP contribution < -0.4 is 11.2 Å². The lowest BCUT2D eigenvalue weighted by Gasteiger charge is -2.15. The molecule has 0 spiro atoms. The lowest BCUT2D eigenvalue weighted by atomic mass is 10.0. The van der Waals surface area contributed by atoms with Gasteiger partial charge in [-0.05, 0) is 5.56 Å². The number of hydrogen-bond acceptors (Lipinski definition) is 5. The number of nitrogens with zero attached hydrogens (tertiary/aromatic N) is 1. The second kappa shape index (κ2) is 7.10. The second-order valence-electron chi connectivity index (χ2n) is 4.95. The van der Waals surface area contributed by atoms with E-state index in [4.69, 9.17) is 0 Å². The number of benzene rings is 2. The minimum atomic E-state index is -0.685. The SMILES string of the molecule is O=C(c1ccccc1)[C@H](Sc1n[nH]c(=O)[nH]c1=O)c1ccccc1. The molecule has 1 heterocycles. The van der Waals surface area contributed by atoms with Crippen LogP contribution in [-0.4, -0.2) is 21.0 Å². The largest absolute Gasteiger partial charge is 0.342 e. The predicted molar refractivity (Wildman–Crippen MR) is 91.3 cm³/mol. The molecule has 1 aromatic heterocycles. The van der Waals surface area contributed by atoms with E-state index in [9.17, 15) is 14.4 Å². The Morgan fingerprint density at radius 1 is 0.958 bits per heavy atom. The third-order valence-corrected chi connectivity index (χ3v) is 4.53. The van der Waals surface area contributed by atoms with Crippen molar-refractivity contribution >= 4 is 17.5 Å². The average Bonchev–Trinajstić information content (AvgIpc) is 2.62. The van der Waals surface area contributed by atoms with Crippen molar-refractivity contribution in [1.82, 2.24) is 15.2 Å². The van der Waals surface area contributed by atoms with Crippen LogP contribution in [0.3, 0.4) is 0 Å². The van der Waals surface area contributed by atoms with E-state index < -0.39 is 16.5 Å². The summed E-state index contributed by atoms with van der Waals surface area (Å²) in [5, 5.41) is 5.32. The molecule has 0 unspecified atom stereocenters. The molecule has 0 bridgehead atoms. The Labute approximate surface area is 141 Å². The van der Waals surface area contributed by atoms with Gasteiger partial charge in [0.25, 0.3) is 5.56 Å². The van der Waals surface area contributed by atoms with Crippen LogP contribution in [0.15, 0.2) is 75.3 Å². The number of carbonyl (C=O) groups is 1. The van der Waals surface area contributed by atoms with Crippen molar-refractivity contribution in [2.45, 2.75) is 10.3 Å². The lowest BCUT2D eigenvalue weighted by Crippen LogP contribution is -2.25. The fraction of sp³-hybridized carbons (Fsp3) is 0.0588. The molecule has 0 radical (unpaired) electrons. The van der Waals surface area contributed by atoms with Gasteiger partial charge in [-0.2, -0.15) is 5.10 Å². The van der Waals surface area contributed by atoms with E-state index in [-0.39, 0.29) is 10.8 Å². The van der Waals surface area contributed by atoms with Crippen molar-refractivity contribution in [2.24, 2.45) is 0 Å². The Morgan fingerprint density at radius 3 is 2.21 bits per heavy atom. The van der Waals surface area contributed by atoms with E-state index in [0.29, 0.717) is 5.56 Å². The molecule has 2 aromatic carbocycles. The summed E-state index contributed by atoms with van der Waals surface area (Å²) in [6.07, 6.45) is 0. The molecule has 0 saturated carbocycles. The van der Waals surface area contributed by atoms with E-state index in [1.165, 1.54) is 0 Å². The van der Waals surface area contributed by atoms with Crippen molar-refractivity contribution in [2.75, 3.05) is 0 Å². The van der Waals surface area contributed by atoms with Crippen LogP contribution >= 0.6 is 11.8 Å². The summed E-state index contributed by atoms with van der Waals surface area (Å²) < 4.78 is 0. The van der Waals surface area contributed by atoms with Crippen molar-refractivity contribution in [3.8, 4) is 0 Å². The van der Waals surface area contributed by atoms with Gasteiger partial charge in [-0.15, -0.1) is 0 Å². The molecule has 6 nitrogen and oxygen atoms in total. The van der Waals surface area contributed by atoms with Crippen LogP contribution in [0.2, 0.25) is 0 Å². The van der Waals surface area contributed by atoms with Gasteiger partial charge in [0.05, 0.1) is 5.25 Å². The van der Waals surface area contributed by atoms with Gasteiger partial charge < -0.3 is 0 Å².